The molecule has 6 nitrogen and oxygen atoms in total. The zero-order chi connectivity index (χ0) is 13.2. The normalized spacial score (nSPS) is 10.6. The molecule has 3 aromatic rings. The maximum absolute atomic E-state index is 11.3. The second kappa shape index (κ2) is 4.49. The van der Waals surface area contributed by atoms with E-state index in [1.807, 2.05) is 24.3 Å². The maximum Gasteiger partial charge on any atom is 0.339 e. The number of esters is 1. The summed E-state index contributed by atoms with van der Waals surface area (Å²) in [5, 5.41) is 8.10. The van der Waals surface area contributed by atoms with Gasteiger partial charge >= 0.3 is 5.97 Å². The first-order valence-corrected chi connectivity index (χ1v) is 5.65. The second-order valence-corrected chi connectivity index (χ2v) is 3.89. The predicted octanol–water partition coefficient (Wildman–Crippen LogP) is 1.60. The molecule has 0 amide bonds. The molecule has 0 atom stereocenters. The van der Waals surface area contributed by atoms with Crippen molar-refractivity contribution in [2.45, 2.75) is 0 Å². The van der Waals surface area contributed by atoms with Crippen LogP contribution in [0, 0.1) is 0 Å². The number of pyridine rings is 1. The van der Waals surface area contributed by atoms with Gasteiger partial charge in [0.1, 0.15) is 5.52 Å². The summed E-state index contributed by atoms with van der Waals surface area (Å²) >= 11 is 0. The van der Waals surface area contributed by atoms with Crippen molar-refractivity contribution in [1.29, 1.82) is 0 Å². The highest BCUT2D eigenvalue weighted by Crippen LogP contribution is 2.14. The van der Waals surface area contributed by atoms with Crippen LogP contribution in [0.5, 0.6) is 0 Å². The van der Waals surface area contributed by atoms with E-state index in [0.717, 1.165) is 11.0 Å². The van der Waals surface area contributed by atoms with Gasteiger partial charge < -0.3 is 4.74 Å². The number of aromatic nitrogens is 4. The Labute approximate surface area is 108 Å². The summed E-state index contributed by atoms with van der Waals surface area (Å²) in [5.41, 5.74) is 2.05. The molecule has 2 aromatic heterocycles. The Morgan fingerprint density at radius 1 is 1.21 bits per heavy atom. The summed E-state index contributed by atoms with van der Waals surface area (Å²) in [7, 11) is 1.33. The third-order valence-corrected chi connectivity index (χ3v) is 2.74. The Bertz CT molecular complexity index is 734. The van der Waals surface area contributed by atoms with Crippen molar-refractivity contribution in [2.24, 2.45) is 0 Å². The number of nitrogens with zero attached hydrogens (tertiary/aromatic N) is 4. The highest BCUT2D eigenvalue weighted by molar-refractivity contribution is 5.89. The van der Waals surface area contributed by atoms with Gasteiger partial charge in [-0.2, -0.15) is 4.68 Å². The minimum absolute atomic E-state index is 0.399. The van der Waals surface area contributed by atoms with Gasteiger partial charge in [-0.3, -0.25) is 0 Å². The minimum Gasteiger partial charge on any atom is -0.465 e. The molecule has 1 aromatic carbocycles. The monoisotopic (exact) mass is 254 g/mol. The molecule has 0 N–H and O–H groups in total. The molecule has 0 radical (unpaired) electrons. The van der Waals surface area contributed by atoms with Gasteiger partial charge in [0.2, 0.25) is 0 Å². The van der Waals surface area contributed by atoms with E-state index in [2.05, 4.69) is 20.0 Å². The molecule has 6 heteroatoms. The Balaban J connectivity index is 2.05. The molecular formula is C13H10N4O2. The summed E-state index contributed by atoms with van der Waals surface area (Å²) < 4.78 is 6.24. The number of carbonyl (C=O) groups is 1. The molecule has 94 valence electrons. The van der Waals surface area contributed by atoms with E-state index in [1.54, 1.807) is 16.8 Å². The molecule has 0 aliphatic rings. The third kappa shape index (κ3) is 1.93. The van der Waals surface area contributed by atoms with Crippen molar-refractivity contribution < 1.29 is 9.53 Å². The van der Waals surface area contributed by atoms with Gasteiger partial charge in [-0.05, 0) is 24.3 Å². The highest BCUT2D eigenvalue weighted by atomic mass is 16.5. The molecule has 0 unspecified atom stereocenters. The molecule has 0 aliphatic carbocycles. The van der Waals surface area contributed by atoms with Gasteiger partial charge in [-0.1, -0.05) is 17.3 Å². The summed E-state index contributed by atoms with van der Waals surface area (Å²) in [6, 6.07) is 10.9. The molecule has 3 rings (SSSR count). The first-order valence-electron chi connectivity index (χ1n) is 5.65. The Morgan fingerprint density at radius 2 is 2.05 bits per heavy atom. The Hall–Kier alpha value is -2.76. The number of benzene rings is 1. The third-order valence-electron chi connectivity index (χ3n) is 2.74. The van der Waals surface area contributed by atoms with Crippen molar-refractivity contribution >= 4 is 17.0 Å². The van der Waals surface area contributed by atoms with Crippen molar-refractivity contribution in [3.05, 3.63) is 48.2 Å². The van der Waals surface area contributed by atoms with Crippen LogP contribution >= 0.6 is 0 Å². The van der Waals surface area contributed by atoms with Gasteiger partial charge in [0.25, 0.3) is 0 Å². The van der Waals surface area contributed by atoms with Crippen molar-refractivity contribution in [2.75, 3.05) is 7.11 Å². The van der Waals surface area contributed by atoms with Crippen LogP contribution in [0.4, 0.5) is 0 Å². The fourth-order valence-electron chi connectivity index (χ4n) is 1.79. The summed E-state index contributed by atoms with van der Waals surface area (Å²) in [6.07, 6.45) is 1.46. The van der Waals surface area contributed by atoms with Crippen LogP contribution in [0.1, 0.15) is 10.4 Å². The number of carbonyl (C=O) groups excluding carboxylic acids is 1. The van der Waals surface area contributed by atoms with Gasteiger partial charge in [-0.15, -0.1) is 5.10 Å². The molecule has 0 fully saturated rings. The lowest BCUT2D eigenvalue weighted by Crippen LogP contribution is -2.04. The van der Waals surface area contributed by atoms with Crippen molar-refractivity contribution in [3.63, 3.8) is 0 Å². The average molecular weight is 254 g/mol. The van der Waals surface area contributed by atoms with E-state index < -0.39 is 5.97 Å². The van der Waals surface area contributed by atoms with E-state index in [-0.39, 0.29) is 0 Å². The molecule has 0 saturated heterocycles. The van der Waals surface area contributed by atoms with Crippen molar-refractivity contribution in [3.8, 4) is 5.82 Å². The molecular weight excluding hydrogens is 244 g/mol. The maximum atomic E-state index is 11.3. The SMILES string of the molecule is COC(=O)c1ccc(-n2nnc3ccccc32)nc1. The van der Waals surface area contributed by atoms with E-state index in [1.165, 1.54) is 13.3 Å². The van der Waals surface area contributed by atoms with Crippen LogP contribution in [0.3, 0.4) is 0 Å². The average Bonchev–Trinajstić information content (AvgIpc) is 2.90. The fourth-order valence-corrected chi connectivity index (χ4v) is 1.79. The predicted molar refractivity (Wildman–Crippen MR) is 68.0 cm³/mol. The Morgan fingerprint density at radius 3 is 2.79 bits per heavy atom. The number of fused-ring (bicyclic) bond motifs is 1. The first-order chi connectivity index (χ1) is 9.29. The van der Waals surface area contributed by atoms with E-state index in [9.17, 15) is 4.79 Å². The Kier molecular flexibility index (Phi) is 2.68. The van der Waals surface area contributed by atoms with Gasteiger partial charge in [0.05, 0.1) is 18.2 Å². The standard InChI is InChI=1S/C13H10N4O2/c1-19-13(18)9-6-7-12(14-8-9)17-11-5-3-2-4-10(11)15-16-17/h2-8H,1H3. The van der Waals surface area contributed by atoms with E-state index in [4.69, 9.17) is 0 Å². The number of ether oxygens (including phenoxy) is 1. The zero-order valence-electron chi connectivity index (χ0n) is 10.1. The van der Waals surface area contributed by atoms with Gasteiger partial charge in [-0.25, -0.2) is 9.78 Å². The van der Waals surface area contributed by atoms with E-state index in [0.29, 0.717) is 11.4 Å². The fraction of sp³-hybridized carbons (Fsp3) is 0.0769. The first kappa shape index (κ1) is 11.3. The molecule has 0 spiro atoms. The summed E-state index contributed by atoms with van der Waals surface area (Å²) in [4.78, 5) is 15.5. The molecule has 19 heavy (non-hydrogen) atoms. The van der Waals surface area contributed by atoms with Crippen LogP contribution in [-0.2, 0) is 4.74 Å². The lowest BCUT2D eigenvalue weighted by atomic mass is 10.3. The van der Waals surface area contributed by atoms with Gasteiger partial charge in [0, 0.05) is 6.20 Å². The number of para-hydroxylation sites is 1. The lowest BCUT2D eigenvalue weighted by Gasteiger charge is -2.02. The van der Waals surface area contributed by atoms with Crippen molar-refractivity contribution in [1.82, 2.24) is 20.0 Å². The number of rotatable bonds is 2. The zero-order valence-corrected chi connectivity index (χ0v) is 10.1. The second-order valence-electron chi connectivity index (χ2n) is 3.89. The number of methoxy groups -OCH3 is 1. The number of hydrogen-bond donors (Lipinski definition) is 0. The smallest absolute Gasteiger partial charge is 0.339 e. The minimum atomic E-state index is -0.414. The van der Waals surface area contributed by atoms with Crippen LogP contribution in [0.2, 0.25) is 0 Å². The molecule has 2 heterocycles. The highest BCUT2D eigenvalue weighted by Gasteiger charge is 2.09. The summed E-state index contributed by atoms with van der Waals surface area (Å²) in [6.45, 7) is 0. The van der Waals surface area contributed by atoms with Crippen LogP contribution in [0.25, 0.3) is 16.9 Å². The van der Waals surface area contributed by atoms with Gasteiger partial charge in [0.15, 0.2) is 5.82 Å². The molecule has 0 bridgehead atoms. The lowest BCUT2D eigenvalue weighted by molar-refractivity contribution is 0.0600. The van der Waals surface area contributed by atoms with Crippen LogP contribution < -0.4 is 0 Å². The molecule has 0 saturated carbocycles. The van der Waals surface area contributed by atoms with Crippen LogP contribution in [-0.4, -0.2) is 33.1 Å². The summed E-state index contributed by atoms with van der Waals surface area (Å²) in [5.74, 6) is 0.184. The topological polar surface area (TPSA) is 69.9 Å². The largest absolute Gasteiger partial charge is 0.465 e. The number of hydrogen-bond acceptors (Lipinski definition) is 5. The van der Waals surface area contributed by atoms with Crippen LogP contribution in [0.15, 0.2) is 42.6 Å². The molecule has 0 aliphatic heterocycles. The quantitative estimate of drug-likeness (QED) is 0.650. The van der Waals surface area contributed by atoms with E-state index >= 15 is 0 Å².